The van der Waals surface area contributed by atoms with Crippen LogP contribution in [0.5, 0.6) is 0 Å². The highest BCUT2D eigenvalue weighted by molar-refractivity contribution is 8.01. The molecule has 31 heavy (non-hydrogen) atoms. The van der Waals surface area contributed by atoms with Crippen LogP contribution in [-0.4, -0.2) is 40.3 Å². The minimum absolute atomic E-state index is 0.0562. The van der Waals surface area contributed by atoms with Crippen molar-refractivity contribution >= 4 is 57.5 Å². The van der Waals surface area contributed by atoms with Gasteiger partial charge in [0.15, 0.2) is 5.13 Å². The lowest BCUT2D eigenvalue weighted by Gasteiger charge is -2.30. The number of thiazole rings is 1. The lowest BCUT2D eigenvalue weighted by atomic mass is 9.89. The van der Waals surface area contributed by atoms with Crippen molar-refractivity contribution in [3.05, 3.63) is 30.5 Å². The number of carbonyl (C=O) groups excluding carboxylic acids is 2. The predicted octanol–water partition coefficient (Wildman–Crippen LogP) is 4.90. The predicted molar refractivity (Wildman–Crippen MR) is 124 cm³/mol. The SMILES string of the molecule is CC(=O)Nc1cccc(N(CC2CCCCC2)C(=O)Nc2ncc(SCC(=O)O)s2)c1. The van der Waals surface area contributed by atoms with Crippen molar-refractivity contribution in [1.29, 1.82) is 0 Å². The molecule has 1 aliphatic rings. The molecule has 1 fully saturated rings. The van der Waals surface area contributed by atoms with E-state index in [1.54, 1.807) is 23.2 Å². The largest absolute Gasteiger partial charge is 0.481 e. The molecule has 0 spiro atoms. The molecule has 1 heterocycles. The van der Waals surface area contributed by atoms with Gasteiger partial charge in [0, 0.05) is 24.8 Å². The molecule has 10 heteroatoms. The van der Waals surface area contributed by atoms with Crippen molar-refractivity contribution in [2.24, 2.45) is 5.92 Å². The molecule has 3 N–H and O–H groups in total. The first-order valence-electron chi connectivity index (χ1n) is 10.2. The maximum Gasteiger partial charge on any atom is 0.328 e. The van der Waals surface area contributed by atoms with Crippen LogP contribution < -0.4 is 15.5 Å². The van der Waals surface area contributed by atoms with E-state index in [1.165, 1.54) is 49.3 Å². The Morgan fingerprint density at radius 2 is 2.00 bits per heavy atom. The fraction of sp³-hybridized carbons (Fsp3) is 0.429. The summed E-state index contributed by atoms with van der Waals surface area (Å²) < 4.78 is 0.726. The van der Waals surface area contributed by atoms with Crippen LogP contribution in [-0.2, 0) is 9.59 Å². The van der Waals surface area contributed by atoms with Gasteiger partial charge in [0.2, 0.25) is 5.91 Å². The van der Waals surface area contributed by atoms with Crippen LogP contribution in [0.25, 0.3) is 0 Å². The molecule has 3 rings (SSSR count). The zero-order valence-electron chi connectivity index (χ0n) is 17.3. The smallest absolute Gasteiger partial charge is 0.328 e. The van der Waals surface area contributed by atoms with E-state index in [4.69, 9.17) is 5.11 Å². The Morgan fingerprint density at radius 1 is 1.23 bits per heavy atom. The zero-order valence-corrected chi connectivity index (χ0v) is 18.9. The summed E-state index contributed by atoms with van der Waals surface area (Å²) in [7, 11) is 0. The molecule has 8 nitrogen and oxygen atoms in total. The van der Waals surface area contributed by atoms with Crippen molar-refractivity contribution < 1.29 is 19.5 Å². The van der Waals surface area contributed by atoms with Gasteiger partial charge in [0.05, 0.1) is 16.2 Å². The van der Waals surface area contributed by atoms with Crippen LogP contribution in [0.3, 0.4) is 0 Å². The first-order valence-corrected chi connectivity index (χ1v) is 12.0. The number of urea groups is 1. The Bertz CT molecular complexity index is 928. The van der Waals surface area contributed by atoms with E-state index in [9.17, 15) is 14.4 Å². The third kappa shape index (κ3) is 7.25. The van der Waals surface area contributed by atoms with Gasteiger partial charge in [-0.25, -0.2) is 9.78 Å². The summed E-state index contributed by atoms with van der Waals surface area (Å²) in [4.78, 5) is 41.3. The van der Waals surface area contributed by atoms with E-state index in [-0.39, 0.29) is 17.7 Å². The topological polar surface area (TPSA) is 112 Å². The minimum atomic E-state index is -0.901. The van der Waals surface area contributed by atoms with Gasteiger partial charge in [0.25, 0.3) is 0 Å². The second-order valence-electron chi connectivity index (χ2n) is 7.44. The van der Waals surface area contributed by atoms with Gasteiger partial charge in [-0.15, -0.1) is 11.8 Å². The third-order valence-electron chi connectivity index (χ3n) is 4.93. The summed E-state index contributed by atoms with van der Waals surface area (Å²) in [5, 5.41) is 14.8. The highest BCUT2D eigenvalue weighted by Gasteiger charge is 2.23. The van der Waals surface area contributed by atoms with Crippen LogP contribution in [0, 0.1) is 5.92 Å². The number of hydrogen-bond donors (Lipinski definition) is 3. The molecule has 166 valence electrons. The average molecular weight is 463 g/mol. The molecule has 0 atom stereocenters. The molecular weight excluding hydrogens is 436 g/mol. The van der Waals surface area contributed by atoms with E-state index >= 15 is 0 Å². The van der Waals surface area contributed by atoms with E-state index in [0.29, 0.717) is 29.0 Å². The first-order chi connectivity index (χ1) is 14.9. The molecule has 2 aromatic rings. The number of amides is 3. The van der Waals surface area contributed by atoms with Gasteiger partial charge in [-0.1, -0.05) is 36.7 Å². The molecular formula is C21H26N4O4S2. The van der Waals surface area contributed by atoms with Crippen molar-refractivity contribution in [3.8, 4) is 0 Å². The van der Waals surface area contributed by atoms with Crippen molar-refractivity contribution in [2.75, 3.05) is 27.8 Å². The van der Waals surface area contributed by atoms with Crippen LogP contribution in [0.15, 0.2) is 34.7 Å². The normalized spacial score (nSPS) is 14.1. The molecule has 0 radical (unpaired) electrons. The van der Waals surface area contributed by atoms with Gasteiger partial charge in [-0.2, -0.15) is 0 Å². The summed E-state index contributed by atoms with van der Waals surface area (Å²) in [6.45, 7) is 2.03. The molecule has 1 aromatic carbocycles. The van der Waals surface area contributed by atoms with E-state index in [2.05, 4.69) is 15.6 Å². The zero-order chi connectivity index (χ0) is 22.2. The number of carboxylic acid groups (broad SMARTS) is 1. The Labute approximate surface area is 189 Å². The fourth-order valence-electron chi connectivity index (χ4n) is 3.56. The lowest BCUT2D eigenvalue weighted by molar-refractivity contribution is -0.133. The number of thioether (sulfide) groups is 1. The number of aromatic nitrogens is 1. The van der Waals surface area contributed by atoms with Crippen molar-refractivity contribution in [2.45, 2.75) is 43.2 Å². The minimum Gasteiger partial charge on any atom is -0.481 e. The Balaban J connectivity index is 1.76. The highest BCUT2D eigenvalue weighted by atomic mass is 32.2. The molecule has 1 aromatic heterocycles. The summed E-state index contributed by atoms with van der Waals surface area (Å²) in [5.74, 6) is -0.711. The Morgan fingerprint density at radius 3 is 2.71 bits per heavy atom. The molecule has 0 unspecified atom stereocenters. The first kappa shape index (κ1) is 23.1. The number of rotatable bonds is 8. The van der Waals surface area contributed by atoms with Crippen molar-refractivity contribution in [1.82, 2.24) is 4.98 Å². The number of nitrogens with one attached hydrogen (secondary N) is 2. The number of anilines is 3. The van der Waals surface area contributed by atoms with E-state index in [0.717, 1.165) is 17.1 Å². The van der Waals surface area contributed by atoms with E-state index in [1.807, 2.05) is 12.1 Å². The van der Waals surface area contributed by atoms with Gasteiger partial charge >= 0.3 is 12.0 Å². The molecule has 3 amide bonds. The Kier molecular flexibility index (Phi) is 8.30. The van der Waals surface area contributed by atoms with E-state index < -0.39 is 5.97 Å². The maximum absolute atomic E-state index is 13.2. The van der Waals surface area contributed by atoms with Crippen LogP contribution in [0.4, 0.5) is 21.3 Å². The third-order valence-corrected chi connectivity index (χ3v) is 7.02. The number of aliphatic carboxylic acids is 1. The molecule has 1 aliphatic carbocycles. The summed E-state index contributed by atoms with van der Waals surface area (Å²) in [6.07, 6.45) is 7.31. The van der Waals surface area contributed by atoms with Crippen LogP contribution >= 0.6 is 23.1 Å². The molecule has 0 saturated heterocycles. The number of benzene rings is 1. The molecule has 0 aliphatic heterocycles. The number of hydrogen-bond acceptors (Lipinski definition) is 6. The quantitative estimate of drug-likeness (QED) is 0.481. The maximum atomic E-state index is 13.2. The highest BCUT2D eigenvalue weighted by Crippen LogP contribution is 2.30. The monoisotopic (exact) mass is 462 g/mol. The number of nitrogens with zero attached hydrogens (tertiary/aromatic N) is 2. The second-order valence-corrected chi connectivity index (χ2v) is 9.75. The molecule has 1 saturated carbocycles. The van der Waals surface area contributed by atoms with Crippen LogP contribution in [0.2, 0.25) is 0 Å². The number of carboxylic acids is 1. The van der Waals surface area contributed by atoms with Gasteiger partial charge in [-0.3, -0.25) is 19.8 Å². The summed E-state index contributed by atoms with van der Waals surface area (Å²) in [6, 6.07) is 6.94. The summed E-state index contributed by atoms with van der Waals surface area (Å²) >= 11 is 2.42. The van der Waals surface area contributed by atoms with Gasteiger partial charge in [-0.05, 0) is 37.0 Å². The summed E-state index contributed by atoms with van der Waals surface area (Å²) in [5.41, 5.74) is 1.33. The van der Waals surface area contributed by atoms with Crippen LogP contribution in [0.1, 0.15) is 39.0 Å². The number of carbonyl (C=O) groups is 3. The second kappa shape index (κ2) is 11.1. The standard InChI is InChI=1S/C21H26N4O4S2/c1-14(26)23-16-8-5-9-17(10-16)25(12-15-6-3-2-4-7-15)21(29)24-20-22-11-19(31-20)30-13-18(27)28/h5,8-11,15H,2-4,6-7,12-13H2,1H3,(H,23,26)(H,27,28)(H,22,24,29). The van der Waals surface area contributed by atoms with Gasteiger partial charge < -0.3 is 10.4 Å². The van der Waals surface area contributed by atoms with Gasteiger partial charge in [0.1, 0.15) is 0 Å². The molecule has 0 bridgehead atoms. The average Bonchev–Trinajstić information content (AvgIpc) is 3.18. The Hall–Kier alpha value is -2.59. The lowest BCUT2D eigenvalue weighted by Crippen LogP contribution is -2.39. The van der Waals surface area contributed by atoms with Crippen molar-refractivity contribution in [3.63, 3.8) is 0 Å². The fourth-order valence-corrected chi connectivity index (χ4v) is 5.15.